The van der Waals surface area contributed by atoms with Gasteiger partial charge in [0.25, 0.3) is 0 Å². The van der Waals surface area contributed by atoms with Crippen molar-refractivity contribution in [3.05, 3.63) is 54.6 Å². The largest absolute Gasteiger partial charge is 0.371 e. The maximum atomic E-state index is 12.3. The van der Waals surface area contributed by atoms with Crippen LogP contribution < -0.4 is 0 Å². The third-order valence-electron chi connectivity index (χ3n) is 4.30. The highest BCUT2D eigenvalue weighted by Gasteiger charge is 2.24. The molecule has 1 amide bonds. The predicted octanol–water partition coefficient (Wildman–Crippen LogP) is 2.31. The van der Waals surface area contributed by atoms with Crippen LogP contribution in [0.25, 0.3) is 0 Å². The second-order valence-corrected chi connectivity index (χ2v) is 5.93. The molecule has 1 unspecified atom stereocenters. The van der Waals surface area contributed by atoms with E-state index in [0.29, 0.717) is 12.6 Å². The van der Waals surface area contributed by atoms with Crippen LogP contribution in [0.4, 0.5) is 0 Å². The van der Waals surface area contributed by atoms with Gasteiger partial charge in [-0.2, -0.15) is 0 Å². The smallest absolute Gasteiger partial charge is 0.248 e. The van der Waals surface area contributed by atoms with Gasteiger partial charge in [0.1, 0.15) is 6.61 Å². The quantitative estimate of drug-likeness (QED) is 0.769. The van der Waals surface area contributed by atoms with Crippen molar-refractivity contribution in [3.63, 3.8) is 0 Å². The molecule has 1 atom stereocenters. The van der Waals surface area contributed by atoms with Crippen LogP contribution >= 0.6 is 0 Å². The lowest BCUT2D eigenvalue weighted by Gasteiger charge is -2.33. The first kappa shape index (κ1) is 15.7. The number of benzene rings is 1. The van der Waals surface area contributed by atoms with Crippen molar-refractivity contribution in [2.45, 2.75) is 25.3 Å². The molecule has 1 aliphatic heterocycles. The number of rotatable bonds is 6. The van der Waals surface area contributed by atoms with Crippen LogP contribution in [-0.4, -0.2) is 46.7 Å². The Morgan fingerprint density at radius 1 is 1.30 bits per heavy atom. The molecular formula is C18H23N3O2. The van der Waals surface area contributed by atoms with Gasteiger partial charge < -0.3 is 14.2 Å². The molecule has 0 bridgehead atoms. The van der Waals surface area contributed by atoms with Crippen LogP contribution in [-0.2, 0) is 16.0 Å². The van der Waals surface area contributed by atoms with E-state index in [9.17, 15) is 4.79 Å². The Balaban J connectivity index is 1.41. The maximum absolute atomic E-state index is 12.3. The minimum absolute atomic E-state index is 0.0860. The lowest BCUT2D eigenvalue weighted by molar-refractivity contribution is -0.137. The van der Waals surface area contributed by atoms with Gasteiger partial charge in [-0.05, 0) is 24.8 Å². The first-order chi connectivity index (χ1) is 11.3. The number of hydrogen-bond acceptors (Lipinski definition) is 3. The summed E-state index contributed by atoms with van der Waals surface area (Å²) in [6.45, 7) is 2.32. The normalized spacial score (nSPS) is 18.1. The summed E-state index contributed by atoms with van der Waals surface area (Å²) in [6, 6.07) is 10.5. The van der Waals surface area contributed by atoms with E-state index >= 15 is 0 Å². The van der Waals surface area contributed by atoms with Gasteiger partial charge in [0.2, 0.25) is 5.91 Å². The fourth-order valence-electron chi connectivity index (χ4n) is 3.00. The maximum Gasteiger partial charge on any atom is 0.248 e. The summed E-state index contributed by atoms with van der Waals surface area (Å²) >= 11 is 0. The highest BCUT2D eigenvalue weighted by atomic mass is 16.5. The molecule has 3 rings (SSSR count). The Kier molecular flexibility index (Phi) is 5.42. The molecule has 0 spiro atoms. The lowest BCUT2D eigenvalue weighted by Crippen LogP contribution is -2.42. The third-order valence-corrected chi connectivity index (χ3v) is 4.30. The molecule has 0 saturated carbocycles. The van der Waals surface area contributed by atoms with Gasteiger partial charge in [0, 0.05) is 25.5 Å². The van der Waals surface area contributed by atoms with Crippen molar-refractivity contribution in [3.8, 4) is 0 Å². The fraction of sp³-hybridized carbons (Fsp3) is 0.444. The summed E-state index contributed by atoms with van der Waals surface area (Å²) in [6.07, 6.45) is 8.54. The molecule has 0 radical (unpaired) electrons. The summed E-state index contributed by atoms with van der Waals surface area (Å²) in [5, 5.41) is 0. The minimum Gasteiger partial charge on any atom is -0.371 e. The van der Waals surface area contributed by atoms with E-state index < -0.39 is 0 Å². The number of aromatic nitrogens is 2. The van der Waals surface area contributed by atoms with Crippen molar-refractivity contribution in [1.29, 1.82) is 0 Å². The molecule has 0 aliphatic carbocycles. The Morgan fingerprint density at radius 3 is 2.96 bits per heavy atom. The molecular weight excluding hydrogens is 290 g/mol. The monoisotopic (exact) mass is 313 g/mol. The van der Waals surface area contributed by atoms with E-state index in [1.165, 1.54) is 5.56 Å². The van der Waals surface area contributed by atoms with Crippen molar-refractivity contribution < 1.29 is 9.53 Å². The summed E-state index contributed by atoms with van der Waals surface area (Å²) in [4.78, 5) is 18.3. The summed E-state index contributed by atoms with van der Waals surface area (Å²) < 4.78 is 7.66. The Morgan fingerprint density at radius 2 is 2.17 bits per heavy atom. The van der Waals surface area contributed by atoms with Gasteiger partial charge >= 0.3 is 0 Å². The van der Waals surface area contributed by atoms with Crippen LogP contribution in [0.1, 0.15) is 24.4 Å². The standard InChI is InChI=1S/C18H23N3O2/c22-18(14-23-12-8-16-5-2-1-3-6-16)20-10-4-7-17(13-20)21-11-9-19-15-21/h1-3,5-6,9,11,15,17H,4,7-8,10,12-14H2. The molecule has 1 aromatic heterocycles. The van der Waals surface area contributed by atoms with Crippen LogP contribution in [0.15, 0.2) is 49.1 Å². The van der Waals surface area contributed by atoms with Crippen LogP contribution in [0.2, 0.25) is 0 Å². The van der Waals surface area contributed by atoms with Crippen molar-refractivity contribution in [1.82, 2.24) is 14.5 Å². The number of imidazole rings is 1. The van der Waals surface area contributed by atoms with Gasteiger partial charge in [0.15, 0.2) is 0 Å². The first-order valence-corrected chi connectivity index (χ1v) is 8.20. The van der Waals surface area contributed by atoms with Gasteiger partial charge in [-0.25, -0.2) is 4.98 Å². The van der Waals surface area contributed by atoms with Crippen molar-refractivity contribution in [2.75, 3.05) is 26.3 Å². The second kappa shape index (κ2) is 7.92. The molecule has 2 aromatic rings. The lowest BCUT2D eigenvalue weighted by atomic mass is 10.1. The number of carbonyl (C=O) groups excluding carboxylic acids is 1. The summed E-state index contributed by atoms with van der Waals surface area (Å²) in [7, 11) is 0. The van der Waals surface area contributed by atoms with Crippen LogP contribution in [0, 0.1) is 0 Å². The number of likely N-dealkylation sites (tertiary alicyclic amines) is 1. The number of ether oxygens (including phenoxy) is 1. The number of piperidine rings is 1. The third kappa shape index (κ3) is 4.42. The SMILES string of the molecule is O=C(COCCc1ccccc1)N1CCCC(n2ccnc2)C1. The zero-order chi connectivity index (χ0) is 15.9. The number of hydrogen-bond donors (Lipinski definition) is 0. The van der Waals surface area contributed by atoms with E-state index in [1.54, 1.807) is 6.20 Å². The molecule has 5 heteroatoms. The van der Waals surface area contributed by atoms with E-state index in [0.717, 1.165) is 32.4 Å². The molecule has 1 aliphatic rings. The first-order valence-electron chi connectivity index (χ1n) is 8.20. The molecule has 0 N–H and O–H groups in total. The zero-order valence-corrected chi connectivity index (χ0v) is 13.3. The van der Waals surface area contributed by atoms with Gasteiger partial charge in [0.05, 0.1) is 19.0 Å². The van der Waals surface area contributed by atoms with E-state index in [2.05, 4.69) is 21.7 Å². The highest BCUT2D eigenvalue weighted by Crippen LogP contribution is 2.21. The Bertz CT molecular complexity index is 598. The van der Waals surface area contributed by atoms with Crippen LogP contribution in [0.3, 0.4) is 0 Å². The molecule has 122 valence electrons. The molecule has 1 fully saturated rings. The second-order valence-electron chi connectivity index (χ2n) is 5.93. The van der Waals surface area contributed by atoms with E-state index in [4.69, 9.17) is 4.74 Å². The van der Waals surface area contributed by atoms with Gasteiger partial charge in [-0.15, -0.1) is 0 Å². The topological polar surface area (TPSA) is 47.4 Å². The van der Waals surface area contributed by atoms with Gasteiger partial charge in [-0.1, -0.05) is 30.3 Å². The van der Waals surface area contributed by atoms with Gasteiger partial charge in [-0.3, -0.25) is 4.79 Å². The highest BCUT2D eigenvalue weighted by molar-refractivity contribution is 5.77. The summed E-state index contributed by atoms with van der Waals surface area (Å²) in [5.74, 6) is 0.0860. The Labute approximate surface area is 136 Å². The average Bonchev–Trinajstić information content (AvgIpc) is 3.14. The molecule has 23 heavy (non-hydrogen) atoms. The summed E-state index contributed by atoms with van der Waals surface area (Å²) in [5.41, 5.74) is 1.23. The van der Waals surface area contributed by atoms with E-state index in [-0.39, 0.29) is 12.5 Å². The number of amides is 1. The average molecular weight is 313 g/mol. The molecule has 1 aromatic carbocycles. The fourth-order valence-corrected chi connectivity index (χ4v) is 3.00. The molecule has 1 saturated heterocycles. The molecule has 2 heterocycles. The Hall–Kier alpha value is -2.14. The number of carbonyl (C=O) groups is 1. The predicted molar refractivity (Wildman–Crippen MR) is 88.0 cm³/mol. The number of nitrogens with zero attached hydrogens (tertiary/aromatic N) is 3. The van der Waals surface area contributed by atoms with Crippen LogP contribution in [0.5, 0.6) is 0 Å². The zero-order valence-electron chi connectivity index (χ0n) is 13.3. The minimum atomic E-state index is 0.0860. The molecule has 5 nitrogen and oxygen atoms in total. The van der Waals surface area contributed by atoms with Crippen molar-refractivity contribution in [2.24, 2.45) is 0 Å². The van der Waals surface area contributed by atoms with Crippen molar-refractivity contribution >= 4 is 5.91 Å². The van der Waals surface area contributed by atoms with E-state index in [1.807, 2.05) is 35.6 Å².